The Bertz CT molecular complexity index is 242. The molecule has 0 aromatic rings. The molecule has 1 fully saturated rings. The Hall–Kier alpha value is -0.640. The van der Waals surface area contributed by atoms with Gasteiger partial charge in [-0.05, 0) is 24.4 Å². The molecule has 0 radical (unpaired) electrons. The number of rotatable bonds is 1. The monoisotopic (exact) mass is 196 g/mol. The zero-order valence-electron chi connectivity index (χ0n) is 6.11. The summed E-state index contributed by atoms with van der Waals surface area (Å²) in [6.45, 7) is 0. The molecule has 0 aromatic carbocycles. The van der Waals surface area contributed by atoms with Crippen molar-refractivity contribution >= 4 is 17.4 Å². The molecule has 0 aliphatic heterocycles. The Balaban J connectivity index is 2.97. The highest BCUT2D eigenvalue weighted by Crippen LogP contribution is 2.33. The molecule has 1 rings (SSSR count). The average Bonchev–Trinajstić information content (AvgIpc) is 2.31. The third kappa shape index (κ3) is 1.75. The van der Waals surface area contributed by atoms with E-state index in [-0.39, 0.29) is 18.4 Å². The minimum absolute atomic E-state index is 0.187. The molecule has 0 spiro atoms. The minimum Gasteiger partial charge on any atom is -0.505 e. The lowest BCUT2D eigenvalue weighted by molar-refractivity contribution is -0.114. The summed E-state index contributed by atoms with van der Waals surface area (Å²) in [6.07, 6.45) is 0.907. The highest BCUT2D eigenvalue weighted by Gasteiger charge is 2.37. The van der Waals surface area contributed by atoms with E-state index >= 15 is 0 Å². The van der Waals surface area contributed by atoms with Crippen LogP contribution in [0.15, 0.2) is 11.3 Å². The first kappa shape index (κ1) is 9.45. The van der Waals surface area contributed by atoms with E-state index < -0.39 is 16.9 Å². The van der Waals surface area contributed by atoms with E-state index in [9.17, 15) is 13.6 Å². The summed E-state index contributed by atoms with van der Waals surface area (Å²) in [5.41, 5.74) is -0.227. The number of aliphatic hydroxyl groups excluding tert-OH is 1. The van der Waals surface area contributed by atoms with Crippen molar-refractivity contribution in [2.75, 3.05) is 0 Å². The predicted molar refractivity (Wildman–Crippen MR) is 39.3 cm³/mol. The van der Waals surface area contributed by atoms with Gasteiger partial charge in [-0.1, -0.05) is 0 Å². The van der Waals surface area contributed by atoms with Crippen LogP contribution in [0, 0.1) is 0 Å². The van der Waals surface area contributed by atoms with Gasteiger partial charge >= 0.3 is 5.38 Å². The minimum atomic E-state index is -3.81. The first-order chi connectivity index (χ1) is 5.43. The number of alkyl halides is 3. The Morgan fingerprint density at radius 3 is 2.42 bits per heavy atom. The van der Waals surface area contributed by atoms with E-state index in [1.165, 1.54) is 0 Å². The maximum absolute atomic E-state index is 12.2. The van der Waals surface area contributed by atoms with Crippen LogP contribution < -0.4 is 0 Å². The molecule has 1 aliphatic rings. The molecule has 1 N–H and O–H groups in total. The van der Waals surface area contributed by atoms with Gasteiger partial charge in [-0.25, -0.2) is 0 Å². The molecular weight excluding hydrogens is 190 g/mol. The molecule has 0 atom stereocenters. The van der Waals surface area contributed by atoms with E-state index in [0.717, 1.165) is 0 Å². The number of Topliss-reactive ketones (excluding diaryl/α,β-unsaturated/α-hetero) is 1. The fourth-order valence-corrected chi connectivity index (χ4v) is 1.25. The molecule has 1 saturated carbocycles. The largest absolute Gasteiger partial charge is 0.505 e. The van der Waals surface area contributed by atoms with Crippen molar-refractivity contribution < 1.29 is 18.7 Å². The number of hydrogen-bond acceptors (Lipinski definition) is 2. The van der Waals surface area contributed by atoms with Gasteiger partial charge in [0, 0.05) is 12.0 Å². The van der Waals surface area contributed by atoms with Gasteiger partial charge in [0.05, 0.1) is 0 Å². The molecule has 0 heterocycles. The Labute approximate surface area is 72.8 Å². The van der Waals surface area contributed by atoms with Gasteiger partial charge in [0.15, 0.2) is 11.5 Å². The topological polar surface area (TPSA) is 37.3 Å². The summed E-state index contributed by atoms with van der Waals surface area (Å²) in [7, 11) is 0. The fourth-order valence-electron chi connectivity index (χ4n) is 1.14. The first-order valence-electron chi connectivity index (χ1n) is 3.45. The summed E-state index contributed by atoms with van der Waals surface area (Å²) in [5, 5.41) is 5.02. The maximum Gasteiger partial charge on any atom is 0.379 e. The number of carbonyl (C=O) groups excluding carboxylic acids is 1. The highest BCUT2D eigenvalue weighted by atomic mass is 35.5. The lowest BCUT2D eigenvalue weighted by Gasteiger charge is -2.08. The molecule has 0 saturated heterocycles. The molecule has 0 amide bonds. The lowest BCUT2D eigenvalue weighted by atomic mass is 10.2. The van der Waals surface area contributed by atoms with E-state index in [0.29, 0.717) is 6.42 Å². The van der Waals surface area contributed by atoms with Crippen LogP contribution in [0.2, 0.25) is 0 Å². The van der Waals surface area contributed by atoms with Gasteiger partial charge < -0.3 is 5.11 Å². The third-order valence-electron chi connectivity index (χ3n) is 1.72. The van der Waals surface area contributed by atoms with E-state index in [1.807, 2.05) is 0 Å². The lowest BCUT2D eigenvalue weighted by Crippen LogP contribution is -2.14. The Kier molecular flexibility index (Phi) is 2.37. The summed E-state index contributed by atoms with van der Waals surface area (Å²) >= 11 is 4.54. The number of hydrogen-bond donors (Lipinski definition) is 1. The Morgan fingerprint density at radius 2 is 2.08 bits per heavy atom. The number of allylic oxidation sites excluding steroid dienone is 2. The number of carbonyl (C=O) groups is 1. The first-order valence-corrected chi connectivity index (χ1v) is 3.83. The van der Waals surface area contributed by atoms with Gasteiger partial charge in [-0.3, -0.25) is 4.79 Å². The molecule has 5 heteroatoms. The maximum atomic E-state index is 12.2. The van der Waals surface area contributed by atoms with Crippen LogP contribution in [0.1, 0.15) is 19.3 Å². The highest BCUT2D eigenvalue weighted by molar-refractivity contribution is 6.23. The summed E-state index contributed by atoms with van der Waals surface area (Å²) in [6, 6.07) is 0. The number of halogens is 3. The Morgan fingerprint density at radius 1 is 1.50 bits per heavy atom. The number of aliphatic hydroxyl groups is 1. The second kappa shape index (κ2) is 3.01. The van der Waals surface area contributed by atoms with Crippen molar-refractivity contribution in [3.8, 4) is 0 Å². The summed E-state index contributed by atoms with van der Waals surface area (Å²) < 4.78 is 24.5. The van der Waals surface area contributed by atoms with Gasteiger partial charge in [0.1, 0.15) is 0 Å². The molecule has 12 heavy (non-hydrogen) atoms. The van der Waals surface area contributed by atoms with Crippen molar-refractivity contribution in [2.24, 2.45) is 0 Å². The normalized spacial score (nSPS) is 23.1. The quantitative estimate of drug-likeness (QED) is 0.397. The van der Waals surface area contributed by atoms with Crippen molar-refractivity contribution in [3.63, 3.8) is 0 Å². The standard InChI is InChI=1S/C7H7ClF2O2/c8-7(9,10)6(12)4-2-1-3-5(4)11/h12H,1-3H2. The predicted octanol–water partition coefficient (Wildman–Crippen LogP) is 2.38. The number of ketones is 1. The van der Waals surface area contributed by atoms with Crippen LogP contribution in [0.4, 0.5) is 8.78 Å². The third-order valence-corrected chi connectivity index (χ3v) is 1.90. The van der Waals surface area contributed by atoms with Gasteiger partial charge in [-0.15, -0.1) is 0 Å². The van der Waals surface area contributed by atoms with Crippen molar-refractivity contribution in [3.05, 3.63) is 11.3 Å². The van der Waals surface area contributed by atoms with Crippen molar-refractivity contribution in [1.29, 1.82) is 0 Å². The van der Waals surface area contributed by atoms with Crippen molar-refractivity contribution in [1.82, 2.24) is 0 Å². The van der Waals surface area contributed by atoms with Crippen molar-refractivity contribution in [2.45, 2.75) is 24.6 Å². The molecule has 2 nitrogen and oxygen atoms in total. The van der Waals surface area contributed by atoms with Crippen LogP contribution in [-0.2, 0) is 4.79 Å². The van der Waals surface area contributed by atoms with E-state index in [1.54, 1.807) is 0 Å². The van der Waals surface area contributed by atoms with Crippen LogP contribution >= 0.6 is 11.6 Å². The van der Waals surface area contributed by atoms with Crippen LogP contribution in [0.25, 0.3) is 0 Å². The van der Waals surface area contributed by atoms with E-state index in [4.69, 9.17) is 5.11 Å². The van der Waals surface area contributed by atoms with E-state index in [2.05, 4.69) is 11.6 Å². The molecule has 1 aliphatic carbocycles. The average molecular weight is 197 g/mol. The molecule has 0 bridgehead atoms. The smallest absolute Gasteiger partial charge is 0.379 e. The molecular formula is C7H7ClF2O2. The molecule has 0 aromatic heterocycles. The van der Waals surface area contributed by atoms with Gasteiger partial charge in [0.25, 0.3) is 0 Å². The van der Waals surface area contributed by atoms with Gasteiger partial charge in [-0.2, -0.15) is 8.78 Å². The SMILES string of the molecule is O=C1CCCC1=C(O)C(F)(F)Cl. The zero-order valence-corrected chi connectivity index (χ0v) is 6.87. The summed E-state index contributed by atoms with van der Waals surface area (Å²) in [5.74, 6) is -1.72. The van der Waals surface area contributed by atoms with Gasteiger partial charge in [0.2, 0.25) is 0 Å². The second-order valence-corrected chi connectivity index (χ2v) is 3.08. The second-order valence-electron chi connectivity index (χ2n) is 2.60. The van der Waals surface area contributed by atoms with Crippen LogP contribution in [0.3, 0.4) is 0 Å². The zero-order chi connectivity index (χ0) is 9.35. The summed E-state index contributed by atoms with van der Waals surface area (Å²) in [4.78, 5) is 10.9. The fraction of sp³-hybridized carbons (Fsp3) is 0.571. The van der Waals surface area contributed by atoms with Crippen LogP contribution in [-0.4, -0.2) is 16.3 Å². The molecule has 0 unspecified atom stereocenters. The van der Waals surface area contributed by atoms with Crippen LogP contribution in [0.5, 0.6) is 0 Å². The molecule has 68 valence electrons.